The van der Waals surface area contributed by atoms with E-state index in [1.807, 2.05) is 0 Å². The molecule has 1 aromatic carbocycles. The maximum Gasteiger partial charge on any atom is 0.119 e. The minimum Gasteiger partial charge on any atom is -0.497 e. The first-order chi connectivity index (χ1) is 7.26. The SMILES string of the molecule is C=C[C@@H]1CCc2cc(OC)ccc2[C@H]1C. The molecule has 0 radical (unpaired) electrons. The minimum absolute atomic E-state index is 0.595. The van der Waals surface area contributed by atoms with Crippen molar-refractivity contribution in [2.45, 2.75) is 25.7 Å². The predicted octanol–water partition coefficient (Wildman–Crippen LogP) is 3.55. The zero-order valence-electron chi connectivity index (χ0n) is 9.49. The van der Waals surface area contributed by atoms with Crippen molar-refractivity contribution in [1.29, 1.82) is 0 Å². The molecular formula is C14H18O. The van der Waals surface area contributed by atoms with E-state index in [4.69, 9.17) is 4.74 Å². The average molecular weight is 202 g/mol. The monoisotopic (exact) mass is 202 g/mol. The fraction of sp³-hybridized carbons (Fsp3) is 0.429. The smallest absolute Gasteiger partial charge is 0.119 e. The summed E-state index contributed by atoms with van der Waals surface area (Å²) in [6, 6.07) is 6.43. The number of aryl methyl sites for hydroxylation is 1. The van der Waals surface area contributed by atoms with Crippen LogP contribution in [-0.2, 0) is 6.42 Å². The van der Waals surface area contributed by atoms with E-state index in [9.17, 15) is 0 Å². The van der Waals surface area contributed by atoms with Crippen molar-refractivity contribution in [1.82, 2.24) is 0 Å². The third-order valence-corrected chi connectivity index (χ3v) is 3.53. The molecule has 1 heteroatoms. The summed E-state index contributed by atoms with van der Waals surface area (Å²) in [5.41, 5.74) is 2.91. The summed E-state index contributed by atoms with van der Waals surface area (Å²) in [5.74, 6) is 2.20. The molecule has 0 saturated carbocycles. The molecule has 1 aliphatic carbocycles. The van der Waals surface area contributed by atoms with Crippen LogP contribution in [0.15, 0.2) is 30.9 Å². The molecule has 0 bridgehead atoms. The molecule has 1 nitrogen and oxygen atoms in total. The van der Waals surface area contributed by atoms with E-state index in [1.165, 1.54) is 17.5 Å². The minimum atomic E-state index is 0.595. The van der Waals surface area contributed by atoms with Gasteiger partial charge < -0.3 is 4.74 Å². The highest BCUT2D eigenvalue weighted by molar-refractivity contribution is 5.40. The summed E-state index contributed by atoms with van der Waals surface area (Å²) in [4.78, 5) is 0. The van der Waals surface area contributed by atoms with Crippen molar-refractivity contribution in [2.24, 2.45) is 5.92 Å². The van der Waals surface area contributed by atoms with Crippen LogP contribution in [0.2, 0.25) is 0 Å². The number of methoxy groups -OCH3 is 1. The molecule has 0 fully saturated rings. The number of rotatable bonds is 2. The van der Waals surface area contributed by atoms with Gasteiger partial charge in [0.2, 0.25) is 0 Å². The Bertz CT molecular complexity index is 368. The van der Waals surface area contributed by atoms with E-state index in [0.717, 1.165) is 12.2 Å². The highest BCUT2D eigenvalue weighted by Crippen LogP contribution is 2.37. The molecule has 0 saturated heterocycles. The Morgan fingerprint density at radius 1 is 1.47 bits per heavy atom. The molecule has 0 amide bonds. The maximum atomic E-state index is 5.25. The van der Waals surface area contributed by atoms with Gasteiger partial charge in [-0.1, -0.05) is 19.1 Å². The van der Waals surface area contributed by atoms with Crippen LogP contribution >= 0.6 is 0 Å². The molecule has 0 spiro atoms. The number of allylic oxidation sites excluding steroid dienone is 1. The molecule has 2 atom stereocenters. The van der Waals surface area contributed by atoms with Crippen molar-refractivity contribution >= 4 is 0 Å². The highest BCUT2D eigenvalue weighted by atomic mass is 16.5. The largest absolute Gasteiger partial charge is 0.497 e. The van der Waals surface area contributed by atoms with E-state index < -0.39 is 0 Å². The number of ether oxygens (including phenoxy) is 1. The van der Waals surface area contributed by atoms with Crippen molar-refractivity contribution in [2.75, 3.05) is 7.11 Å². The van der Waals surface area contributed by atoms with Crippen molar-refractivity contribution < 1.29 is 4.74 Å². The van der Waals surface area contributed by atoms with Crippen LogP contribution in [0.1, 0.15) is 30.4 Å². The first kappa shape index (κ1) is 10.3. The van der Waals surface area contributed by atoms with Gasteiger partial charge >= 0.3 is 0 Å². The summed E-state index contributed by atoms with van der Waals surface area (Å²) in [6.07, 6.45) is 4.45. The Labute approximate surface area is 91.8 Å². The number of hydrogen-bond donors (Lipinski definition) is 0. The number of fused-ring (bicyclic) bond motifs is 1. The topological polar surface area (TPSA) is 9.23 Å². The second kappa shape index (κ2) is 4.09. The Morgan fingerprint density at radius 3 is 2.93 bits per heavy atom. The molecule has 0 heterocycles. The van der Waals surface area contributed by atoms with Gasteiger partial charge in [-0.15, -0.1) is 6.58 Å². The van der Waals surface area contributed by atoms with Crippen LogP contribution in [0.25, 0.3) is 0 Å². The Morgan fingerprint density at radius 2 is 2.27 bits per heavy atom. The Hall–Kier alpha value is -1.24. The molecular weight excluding hydrogens is 184 g/mol. The maximum absolute atomic E-state index is 5.25. The molecule has 80 valence electrons. The van der Waals surface area contributed by atoms with Crippen LogP contribution in [0.5, 0.6) is 5.75 Å². The molecule has 15 heavy (non-hydrogen) atoms. The lowest BCUT2D eigenvalue weighted by Gasteiger charge is -2.29. The normalized spacial score (nSPS) is 24.4. The van der Waals surface area contributed by atoms with Crippen molar-refractivity contribution in [3.05, 3.63) is 42.0 Å². The summed E-state index contributed by atoms with van der Waals surface area (Å²) >= 11 is 0. The summed E-state index contributed by atoms with van der Waals surface area (Å²) in [6.45, 7) is 6.21. The van der Waals surface area contributed by atoms with E-state index in [2.05, 4.69) is 37.8 Å². The average Bonchev–Trinajstić information content (AvgIpc) is 2.29. The molecule has 0 aromatic heterocycles. The van der Waals surface area contributed by atoms with Crippen LogP contribution in [0.4, 0.5) is 0 Å². The van der Waals surface area contributed by atoms with Gasteiger partial charge in [-0.2, -0.15) is 0 Å². The molecule has 0 aliphatic heterocycles. The Kier molecular flexibility index (Phi) is 2.81. The fourth-order valence-corrected chi connectivity index (χ4v) is 2.49. The fourth-order valence-electron chi connectivity index (χ4n) is 2.49. The second-order valence-corrected chi connectivity index (χ2v) is 4.29. The highest BCUT2D eigenvalue weighted by Gasteiger charge is 2.23. The Balaban J connectivity index is 2.36. The molecule has 1 aliphatic rings. The standard InChI is InChI=1S/C14H18O/c1-4-11-5-6-12-9-13(15-3)7-8-14(12)10(11)2/h4,7-11H,1,5-6H2,2-3H3/t10-,11+/m0/s1. The number of hydrogen-bond acceptors (Lipinski definition) is 1. The van der Waals surface area contributed by atoms with Crippen molar-refractivity contribution in [3.8, 4) is 5.75 Å². The van der Waals surface area contributed by atoms with Crippen molar-refractivity contribution in [3.63, 3.8) is 0 Å². The molecule has 2 rings (SSSR count). The summed E-state index contributed by atoms with van der Waals surface area (Å²) in [7, 11) is 1.72. The first-order valence-corrected chi connectivity index (χ1v) is 5.55. The third-order valence-electron chi connectivity index (χ3n) is 3.53. The van der Waals surface area contributed by atoms with Gasteiger partial charge in [-0.3, -0.25) is 0 Å². The van der Waals surface area contributed by atoms with E-state index in [1.54, 1.807) is 7.11 Å². The van der Waals surface area contributed by atoms with Crippen LogP contribution in [0, 0.1) is 5.92 Å². The van der Waals surface area contributed by atoms with Crippen LogP contribution < -0.4 is 4.74 Å². The quantitative estimate of drug-likeness (QED) is 0.666. The lowest BCUT2D eigenvalue weighted by molar-refractivity contribution is 0.411. The zero-order valence-corrected chi connectivity index (χ0v) is 9.49. The first-order valence-electron chi connectivity index (χ1n) is 5.55. The van der Waals surface area contributed by atoms with Gasteiger partial charge in [0.05, 0.1) is 7.11 Å². The third kappa shape index (κ3) is 1.79. The van der Waals surface area contributed by atoms with E-state index >= 15 is 0 Å². The lowest BCUT2D eigenvalue weighted by atomic mass is 9.76. The van der Waals surface area contributed by atoms with Gasteiger partial charge in [0, 0.05) is 0 Å². The van der Waals surface area contributed by atoms with Gasteiger partial charge in [0.25, 0.3) is 0 Å². The second-order valence-electron chi connectivity index (χ2n) is 4.29. The van der Waals surface area contributed by atoms with Gasteiger partial charge in [-0.25, -0.2) is 0 Å². The van der Waals surface area contributed by atoms with Gasteiger partial charge in [0.15, 0.2) is 0 Å². The van der Waals surface area contributed by atoms with E-state index in [0.29, 0.717) is 11.8 Å². The van der Waals surface area contributed by atoms with E-state index in [-0.39, 0.29) is 0 Å². The molecule has 0 unspecified atom stereocenters. The predicted molar refractivity (Wildman–Crippen MR) is 63.4 cm³/mol. The number of benzene rings is 1. The van der Waals surface area contributed by atoms with Gasteiger partial charge in [0.1, 0.15) is 5.75 Å². The summed E-state index contributed by atoms with van der Waals surface area (Å²) < 4.78 is 5.25. The summed E-state index contributed by atoms with van der Waals surface area (Å²) in [5, 5.41) is 0. The molecule has 0 N–H and O–H groups in total. The van der Waals surface area contributed by atoms with Gasteiger partial charge in [-0.05, 0) is 47.9 Å². The van der Waals surface area contributed by atoms with Crippen LogP contribution in [-0.4, -0.2) is 7.11 Å². The lowest BCUT2D eigenvalue weighted by Crippen LogP contribution is -2.16. The molecule has 1 aromatic rings. The zero-order chi connectivity index (χ0) is 10.8. The van der Waals surface area contributed by atoms with Crippen LogP contribution in [0.3, 0.4) is 0 Å².